The van der Waals surface area contributed by atoms with Crippen LogP contribution in [-0.4, -0.2) is 36.1 Å². The maximum atomic E-state index is 3.91. The minimum absolute atomic E-state index is 0.632. The molecule has 1 N–H and O–H groups in total. The average molecular weight is 222 g/mol. The molecular weight excluding hydrogens is 196 g/mol. The summed E-state index contributed by atoms with van der Waals surface area (Å²) in [5.41, 5.74) is 0.632. The summed E-state index contributed by atoms with van der Waals surface area (Å²) in [5.74, 6) is 0. The molecule has 0 bridgehead atoms. The van der Waals surface area contributed by atoms with Gasteiger partial charge in [0.15, 0.2) is 0 Å². The van der Waals surface area contributed by atoms with E-state index in [2.05, 4.69) is 24.1 Å². The van der Waals surface area contributed by atoms with Crippen molar-refractivity contribution in [2.45, 2.75) is 70.5 Å². The molecule has 0 aromatic heterocycles. The molecule has 2 heterocycles. The van der Waals surface area contributed by atoms with E-state index in [0.717, 1.165) is 18.1 Å². The molecule has 3 aliphatic rings. The molecule has 0 aromatic rings. The van der Waals surface area contributed by atoms with Crippen molar-refractivity contribution >= 4 is 0 Å². The zero-order valence-corrected chi connectivity index (χ0v) is 10.8. The van der Waals surface area contributed by atoms with Gasteiger partial charge in [-0.3, -0.25) is 0 Å². The van der Waals surface area contributed by atoms with E-state index in [4.69, 9.17) is 0 Å². The van der Waals surface area contributed by atoms with Crippen molar-refractivity contribution in [1.82, 2.24) is 10.2 Å². The lowest BCUT2D eigenvalue weighted by Gasteiger charge is -2.37. The highest BCUT2D eigenvalue weighted by Crippen LogP contribution is 2.48. The van der Waals surface area contributed by atoms with Gasteiger partial charge in [-0.25, -0.2) is 0 Å². The SMILES string of the molecule is CC(NC1CCN2CCCC2C1)C1(C)CC1. The van der Waals surface area contributed by atoms with E-state index in [0.29, 0.717) is 5.41 Å². The number of rotatable bonds is 3. The van der Waals surface area contributed by atoms with Crippen molar-refractivity contribution < 1.29 is 0 Å². The highest BCUT2D eigenvalue weighted by atomic mass is 15.2. The normalized spacial score (nSPS) is 39.4. The van der Waals surface area contributed by atoms with Gasteiger partial charge >= 0.3 is 0 Å². The molecule has 2 saturated heterocycles. The van der Waals surface area contributed by atoms with Gasteiger partial charge in [0.05, 0.1) is 0 Å². The molecule has 3 unspecified atom stereocenters. The maximum absolute atomic E-state index is 3.91. The van der Waals surface area contributed by atoms with Gasteiger partial charge in [0.1, 0.15) is 0 Å². The fourth-order valence-electron chi connectivity index (χ4n) is 3.56. The van der Waals surface area contributed by atoms with E-state index >= 15 is 0 Å². The minimum atomic E-state index is 0.632. The molecule has 1 aliphatic carbocycles. The Morgan fingerprint density at radius 1 is 1.25 bits per heavy atom. The standard InChI is InChI=1S/C14H26N2/c1-11(14(2)6-7-14)15-12-5-9-16-8-3-4-13(16)10-12/h11-13,15H,3-10H2,1-2H3. The summed E-state index contributed by atoms with van der Waals surface area (Å²) >= 11 is 0. The summed E-state index contributed by atoms with van der Waals surface area (Å²) in [7, 11) is 0. The molecule has 3 rings (SSSR count). The van der Waals surface area contributed by atoms with Gasteiger partial charge in [-0.2, -0.15) is 0 Å². The highest BCUT2D eigenvalue weighted by Gasteiger charge is 2.43. The first-order chi connectivity index (χ1) is 7.67. The molecule has 3 fully saturated rings. The van der Waals surface area contributed by atoms with Gasteiger partial charge in [0.2, 0.25) is 0 Å². The summed E-state index contributed by atoms with van der Waals surface area (Å²) in [6, 6.07) is 2.43. The van der Waals surface area contributed by atoms with Gasteiger partial charge < -0.3 is 10.2 Å². The second kappa shape index (κ2) is 3.99. The monoisotopic (exact) mass is 222 g/mol. The van der Waals surface area contributed by atoms with Crippen molar-refractivity contribution in [3.05, 3.63) is 0 Å². The molecule has 1 saturated carbocycles. The third kappa shape index (κ3) is 2.02. The molecule has 2 nitrogen and oxygen atoms in total. The van der Waals surface area contributed by atoms with Crippen LogP contribution in [0.1, 0.15) is 52.4 Å². The van der Waals surface area contributed by atoms with Gasteiger partial charge in [-0.1, -0.05) is 6.92 Å². The quantitative estimate of drug-likeness (QED) is 0.789. The van der Waals surface area contributed by atoms with Gasteiger partial charge in [-0.05, 0) is 64.0 Å². The number of nitrogens with one attached hydrogen (secondary N) is 1. The number of nitrogens with zero attached hydrogens (tertiary/aromatic N) is 1. The van der Waals surface area contributed by atoms with Gasteiger partial charge in [0, 0.05) is 18.1 Å². The summed E-state index contributed by atoms with van der Waals surface area (Å²) in [6.07, 6.45) is 8.53. The van der Waals surface area contributed by atoms with Gasteiger partial charge in [0.25, 0.3) is 0 Å². The fraction of sp³-hybridized carbons (Fsp3) is 1.00. The van der Waals surface area contributed by atoms with Gasteiger partial charge in [-0.15, -0.1) is 0 Å². The average Bonchev–Trinajstić information content (AvgIpc) is 2.87. The molecule has 0 radical (unpaired) electrons. The van der Waals surface area contributed by atoms with Crippen molar-refractivity contribution in [1.29, 1.82) is 0 Å². The summed E-state index contributed by atoms with van der Waals surface area (Å²) in [6.45, 7) is 7.54. The smallest absolute Gasteiger partial charge is 0.0111 e. The van der Waals surface area contributed by atoms with E-state index in [1.807, 2.05) is 0 Å². The Balaban J connectivity index is 1.52. The second-order valence-corrected chi connectivity index (χ2v) is 6.60. The maximum Gasteiger partial charge on any atom is 0.0111 e. The molecular formula is C14H26N2. The lowest BCUT2D eigenvalue weighted by atomic mass is 9.94. The van der Waals surface area contributed by atoms with E-state index in [9.17, 15) is 0 Å². The number of fused-ring (bicyclic) bond motifs is 1. The lowest BCUT2D eigenvalue weighted by molar-refractivity contribution is 0.155. The summed E-state index contributed by atoms with van der Waals surface area (Å²) in [4.78, 5) is 2.71. The Morgan fingerprint density at radius 2 is 2.06 bits per heavy atom. The first kappa shape index (κ1) is 11.0. The Kier molecular flexibility index (Phi) is 2.75. The Labute approximate surface area is 99.8 Å². The predicted molar refractivity (Wildman–Crippen MR) is 67.6 cm³/mol. The van der Waals surface area contributed by atoms with Crippen LogP contribution in [0.5, 0.6) is 0 Å². The third-order valence-corrected chi connectivity index (χ3v) is 5.39. The van der Waals surface area contributed by atoms with E-state index in [-0.39, 0.29) is 0 Å². The molecule has 0 spiro atoms. The zero-order valence-electron chi connectivity index (χ0n) is 10.8. The first-order valence-corrected chi connectivity index (χ1v) is 7.17. The van der Waals surface area contributed by atoms with E-state index < -0.39 is 0 Å². The second-order valence-electron chi connectivity index (χ2n) is 6.60. The highest BCUT2D eigenvalue weighted by molar-refractivity contribution is 4.99. The molecule has 92 valence electrons. The lowest BCUT2D eigenvalue weighted by Crippen LogP contribution is -2.49. The van der Waals surface area contributed by atoms with Crippen LogP contribution in [0.4, 0.5) is 0 Å². The van der Waals surface area contributed by atoms with Crippen LogP contribution >= 0.6 is 0 Å². The van der Waals surface area contributed by atoms with Crippen LogP contribution in [0, 0.1) is 5.41 Å². The molecule has 3 atom stereocenters. The van der Waals surface area contributed by atoms with Crippen molar-refractivity contribution in [2.24, 2.45) is 5.41 Å². The van der Waals surface area contributed by atoms with Crippen LogP contribution in [0.2, 0.25) is 0 Å². The number of hydrogen-bond donors (Lipinski definition) is 1. The molecule has 2 aliphatic heterocycles. The largest absolute Gasteiger partial charge is 0.311 e. The summed E-state index contributed by atoms with van der Waals surface area (Å²) < 4.78 is 0. The van der Waals surface area contributed by atoms with Crippen LogP contribution in [0.25, 0.3) is 0 Å². The van der Waals surface area contributed by atoms with Crippen LogP contribution in [-0.2, 0) is 0 Å². The first-order valence-electron chi connectivity index (χ1n) is 7.17. The Hall–Kier alpha value is -0.0800. The van der Waals surface area contributed by atoms with Crippen molar-refractivity contribution in [3.63, 3.8) is 0 Å². The fourth-order valence-corrected chi connectivity index (χ4v) is 3.56. The number of piperidine rings is 1. The zero-order chi connectivity index (χ0) is 11.2. The molecule has 2 heteroatoms. The van der Waals surface area contributed by atoms with E-state index in [1.165, 1.54) is 51.6 Å². The predicted octanol–water partition coefficient (Wildman–Crippen LogP) is 2.39. The topological polar surface area (TPSA) is 15.3 Å². The van der Waals surface area contributed by atoms with Crippen molar-refractivity contribution in [2.75, 3.05) is 13.1 Å². The molecule has 0 aromatic carbocycles. The molecule has 16 heavy (non-hydrogen) atoms. The number of hydrogen-bond acceptors (Lipinski definition) is 2. The summed E-state index contributed by atoms with van der Waals surface area (Å²) in [5, 5.41) is 3.91. The van der Waals surface area contributed by atoms with Crippen LogP contribution < -0.4 is 5.32 Å². The molecule has 0 amide bonds. The Morgan fingerprint density at radius 3 is 2.81 bits per heavy atom. The van der Waals surface area contributed by atoms with Crippen LogP contribution in [0.3, 0.4) is 0 Å². The third-order valence-electron chi connectivity index (χ3n) is 5.39. The van der Waals surface area contributed by atoms with Crippen LogP contribution in [0.15, 0.2) is 0 Å². The Bertz CT molecular complexity index is 259. The minimum Gasteiger partial charge on any atom is -0.311 e. The van der Waals surface area contributed by atoms with E-state index in [1.54, 1.807) is 0 Å². The van der Waals surface area contributed by atoms with Crippen molar-refractivity contribution in [3.8, 4) is 0 Å².